The fourth-order valence-electron chi connectivity index (χ4n) is 2.65. The zero-order valence-corrected chi connectivity index (χ0v) is 12.1. The van der Waals surface area contributed by atoms with Crippen LogP contribution in [0.15, 0.2) is 24.3 Å². The van der Waals surface area contributed by atoms with Crippen molar-refractivity contribution in [1.29, 1.82) is 0 Å². The third kappa shape index (κ3) is 5.45. The van der Waals surface area contributed by atoms with Crippen LogP contribution in [-0.2, 0) is 9.59 Å². The first-order valence-electron chi connectivity index (χ1n) is 7.44. The number of anilines is 1. The predicted octanol–water partition coefficient (Wildman–Crippen LogP) is 2.46. The van der Waals surface area contributed by atoms with Gasteiger partial charge in [0.05, 0.1) is 0 Å². The number of nitrogens with one attached hydrogen (secondary N) is 1. The Morgan fingerprint density at radius 1 is 1.14 bits per heavy atom. The van der Waals surface area contributed by atoms with E-state index < -0.39 is 5.91 Å². The van der Waals surface area contributed by atoms with Crippen LogP contribution in [0.25, 0.3) is 0 Å². The lowest BCUT2D eigenvalue weighted by molar-refractivity contribution is -0.120. The summed E-state index contributed by atoms with van der Waals surface area (Å²) in [5, 5.41) is 2.90. The molecule has 0 aromatic heterocycles. The molecule has 114 valence electrons. The van der Waals surface area contributed by atoms with Crippen LogP contribution in [0, 0.1) is 5.92 Å². The monoisotopic (exact) mass is 290 g/mol. The molecule has 0 bridgehead atoms. The fourth-order valence-corrected chi connectivity index (χ4v) is 2.65. The number of carbonyl (C=O) groups excluding carboxylic acids is 2. The summed E-state index contributed by atoms with van der Waals surface area (Å²) in [7, 11) is 0. The van der Waals surface area contributed by atoms with Crippen molar-refractivity contribution >= 4 is 17.5 Å². The van der Waals surface area contributed by atoms with Crippen molar-refractivity contribution in [2.24, 2.45) is 11.7 Å². The quantitative estimate of drug-likeness (QED) is 0.844. The Hall–Kier alpha value is -2.04. The first-order valence-corrected chi connectivity index (χ1v) is 7.44. The van der Waals surface area contributed by atoms with Crippen LogP contribution >= 0.6 is 0 Å². The molecule has 0 unspecified atom stereocenters. The molecule has 21 heavy (non-hydrogen) atoms. The fraction of sp³-hybridized carbons (Fsp3) is 0.500. The van der Waals surface area contributed by atoms with E-state index in [0.717, 1.165) is 18.5 Å². The van der Waals surface area contributed by atoms with Crippen LogP contribution in [-0.4, -0.2) is 18.4 Å². The number of hydrogen-bond donors (Lipinski definition) is 2. The minimum atomic E-state index is -0.514. The Morgan fingerprint density at radius 3 is 2.43 bits per heavy atom. The van der Waals surface area contributed by atoms with E-state index in [9.17, 15) is 9.59 Å². The highest BCUT2D eigenvalue weighted by molar-refractivity contribution is 5.90. The van der Waals surface area contributed by atoms with Crippen LogP contribution < -0.4 is 15.8 Å². The maximum atomic E-state index is 12.0. The summed E-state index contributed by atoms with van der Waals surface area (Å²) >= 11 is 0. The minimum Gasteiger partial charge on any atom is -0.484 e. The first-order chi connectivity index (χ1) is 10.1. The SMILES string of the molecule is NC(=O)COc1ccc(NC(=O)CC2CCCCC2)cc1. The van der Waals surface area contributed by atoms with E-state index in [0.29, 0.717) is 18.1 Å². The van der Waals surface area contributed by atoms with Crippen molar-refractivity contribution in [3.05, 3.63) is 24.3 Å². The summed E-state index contributed by atoms with van der Waals surface area (Å²) in [6.45, 7) is -0.145. The van der Waals surface area contributed by atoms with Crippen molar-refractivity contribution in [1.82, 2.24) is 0 Å². The lowest BCUT2D eigenvalue weighted by Gasteiger charge is -2.20. The van der Waals surface area contributed by atoms with Gasteiger partial charge in [0.2, 0.25) is 5.91 Å². The van der Waals surface area contributed by atoms with E-state index in [1.54, 1.807) is 24.3 Å². The molecule has 0 aliphatic heterocycles. The number of benzene rings is 1. The van der Waals surface area contributed by atoms with Crippen LogP contribution in [0.1, 0.15) is 38.5 Å². The molecule has 1 aromatic carbocycles. The van der Waals surface area contributed by atoms with Gasteiger partial charge in [-0.15, -0.1) is 0 Å². The molecule has 2 amide bonds. The largest absolute Gasteiger partial charge is 0.484 e. The van der Waals surface area contributed by atoms with Gasteiger partial charge in [-0.2, -0.15) is 0 Å². The Kier molecular flexibility index (Phi) is 5.60. The average molecular weight is 290 g/mol. The number of nitrogens with two attached hydrogens (primary N) is 1. The molecule has 3 N–H and O–H groups in total. The highest BCUT2D eigenvalue weighted by Crippen LogP contribution is 2.26. The van der Waals surface area contributed by atoms with Crippen molar-refractivity contribution in [2.45, 2.75) is 38.5 Å². The van der Waals surface area contributed by atoms with Crippen LogP contribution in [0.5, 0.6) is 5.75 Å². The van der Waals surface area contributed by atoms with Gasteiger partial charge < -0.3 is 15.8 Å². The number of rotatable bonds is 6. The molecule has 1 fully saturated rings. The molecule has 2 rings (SSSR count). The number of primary amides is 1. The maximum Gasteiger partial charge on any atom is 0.255 e. The molecular formula is C16H22N2O3. The van der Waals surface area contributed by atoms with Crippen LogP contribution in [0.4, 0.5) is 5.69 Å². The Balaban J connectivity index is 1.79. The normalized spacial score (nSPS) is 15.4. The van der Waals surface area contributed by atoms with Crippen molar-refractivity contribution in [3.63, 3.8) is 0 Å². The Morgan fingerprint density at radius 2 is 1.81 bits per heavy atom. The second-order valence-corrected chi connectivity index (χ2v) is 5.54. The summed E-state index contributed by atoms with van der Waals surface area (Å²) in [5.74, 6) is 0.628. The van der Waals surface area contributed by atoms with Gasteiger partial charge in [0.15, 0.2) is 6.61 Å². The number of amides is 2. The second kappa shape index (κ2) is 7.67. The number of hydrogen-bond acceptors (Lipinski definition) is 3. The van der Waals surface area contributed by atoms with Gasteiger partial charge in [0.1, 0.15) is 5.75 Å². The second-order valence-electron chi connectivity index (χ2n) is 5.54. The molecule has 0 heterocycles. The van der Waals surface area contributed by atoms with E-state index in [1.807, 2.05) is 0 Å². The zero-order valence-electron chi connectivity index (χ0n) is 12.1. The molecule has 0 radical (unpaired) electrons. The lowest BCUT2D eigenvalue weighted by Crippen LogP contribution is -2.20. The van der Waals surface area contributed by atoms with Crippen molar-refractivity contribution < 1.29 is 14.3 Å². The number of carbonyl (C=O) groups is 2. The highest BCUT2D eigenvalue weighted by atomic mass is 16.5. The highest BCUT2D eigenvalue weighted by Gasteiger charge is 2.16. The maximum absolute atomic E-state index is 12.0. The topological polar surface area (TPSA) is 81.4 Å². The van der Waals surface area contributed by atoms with Gasteiger partial charge in [-0.25, -0.2) is 0 Å². The van der Waals surface area contributed by atoms with Gasteiger partial charge in [0, 0.05) is 12.1 Å². The van der Waals surface area contributed by atoms with E-state index in [1.165, 1.54) is 19.3 Å². The van der Waals surface area contributed by atoms with Crippen molar-refractivity contribution in [3.8, 4) is 5.75 Å². The average Bonchev–Trinajstić information content (AvgIpc) is 2.47. The molecule has 0 atom stereocenters. The molecule has 1 aliphatic rings. The van der Waals surface area contributed by atoms with Gasteiger partial charge in [-0.3, -0.25) is 9.59 Å². The molecule has 0 saturated heterocycles. The van der Waals surface area contributed by atoms with E-state index in [-0.39, 0.29) is 12.5 Å². The molecule has 1 saturated carbocycles. The summed E-state index contributed by atoms with van der Waals surface area (Å²) in [4.78, 5) is 22.6. The zero-order chi connectivity index (χ0) is 15.1. The lowest BCUT2D eigenvalue weighted by atomic mass is 9.87. The Bertz CT molecular complexity index is 479. The third-order valence-corrected chi connectivity index (χ3v) is 3.72. The van der Waals surface area contributed by atoms with Crippen molar-refractivity contribution in [2.75, 3.05) is 11.9 Å². The summed E-state index contributed by atoms with van der Waals surface area (Å²) in [6.07, 6.45) is 6.69. The molecule has 1 aliphatic carbocycles. The minimum absolute atomic E-state index is 0.0627. The van der Waals surface area contributed by atoms with E-state index >= 15 is 0 Å². The van der Waals surface area contributed by atoms with Gasteiger partial charge in [-0.05, 0) is 43.0 Å². The van der Waals surface area contributed by atoms with Crippen LogP contribution in [0.3, 0.4) is 0 Å². The molecule has 1 aromatic rings. The number of ether oxygens (including phenoxy) is 1. The summed E-state index contributed by atoms with van der Waals surface area (Å²) in [6, 6.07) is 6.93. The third-order valence-electron chi connectivity index (χ3n) is 3.72. The Labute approximate surface area is 124 Å². The molecule has 5 nitrogen and oxygen atoms in total. The predicted molar refractivity (Wildman–Crippen MR) is 81.0 cm³/mol. The van der Waals surface area contributed by atoms with Gasteiger partial charge in [0.25, 0.3) is 5.91 Å². The van der Waals surface area contributed by atoms with Gasteiger partial charge in [-0.1, -0.05) is 19.3 Å². The molecule has 5 heteroatoms. The summed E-state index contributed by atoms with van der Waals surface area (Å²) in [5.41, 5.74) is 5.74. The van der Waals surface area contributed by atoms with E-state index in [2.05, 4.69) is 5.32 Å². The van der Waals surface area contributed by atoms with E-state index in [4.69, 9.17) is 10.5 Å². The standard InChI is InChI=1S/C16H22N2O3/c17-15(19)11-21-14-8-6-13(7-9-14)18-16(20)10-12-4-2-1-3-5-12/h6-9,12H,1-5,10-11H2,(H2,17,19)(H,18,20). The van der Waals surface area contributed by atoms with Crippen LogP contribution in [0.2, 0.25) is 0 Å². The molecule has 0 spiro atoms. The smallest absolute Gasteiger partial charge is 0.255 e. The molecular weight excluding hydrogens is 268 g/mol. The van der Waals surface area contributed by atoms with Gasteiger partial charge >= 0.3 is 0 Å². The summed E-state index contributed by atoms with van der Waals surface area (Å²) < 4.78 is 5.16. The first kappa shape index (κ1) is 15.4.